The first-order chi connectivity index (χ1) is 10.2. The monoisotopic (exact) mass is 285 g/mol. The summed E-state index contributed by atoms with van der Waals surface area (Å²) >= 11 is 0. The Morgan fingerprint density at radius 3 is 3.14 bits per heavy atom. The van der Waals surface area contributed by atoms with Gasteiger partial charge in [0, 0.05) is 25.2 Å². The van der Waals surface area contributed by atoms with Crippen LogP contribution in [0.2, 0.25) is 0 Å². The Bertz CT molecular complexity index is 606. The van der Waals surface area contributed by atoms with Crippen LogP contribution in [0.5, 0.6) is 5.75 Å². The molecule has 1 atom stereocenters. The minimum Gasteiger partial charge on any atom is -0.493 e. The maximum Gasteiger partial charge on any atom is 0.122 e. The fourth-order valence-electron chi connectivity index (χ4n) is 2.72. The Morgan fingerprint density at radius 1 is 1.38 bits per heavy atom. The summed E-state index contributed by atoms with van der Waals surface area (Å²) in [6.45, 7) is 3.84. The molecule has 1 aromatic heterocycles. The second-order valence-electron chi connectivity index (χ2n) is 5.77. The highest BCUT2D eigenvalue weighted by atomic mass is 16.5. The molecule has 1 aliphatic rings. The van der Waals surface area contributed by atoms with Crippen molar-refractivity contribution in [3.63, 3.8) is 0 Å². The van der Waals surface area contributed by atoms with Gasteiger partial charge in [0.15, 0.2) is 0 Å². The summed E-state index contributed by atoms with van der Waals surface area (Å²) in [7, 11) is 0. The number of benzene rings is 1. The quantitative estimate of drug-likeness (QED) is 0.886. The van der Waals surface area contributed by atoms with Crippen molar-refractivity contribution in [2.24, 2.45) is 5.73 Å². The first kappa shape index (κ1) is 14.1. The third kappa shape index (κ3) is 3.45. The number of aryl methyl sites for hydroxylation is 2. The molecule has 112 valence electrons. The molecule has 0 fully saturated rings. The molecule has 0 spiro atoms. The van der Waals surface area contributed by atoms with Crippen LogP contribution in [0, 0.1) is 0 Å². The number of aromatic nitrogens is 2. The Kier molecular flexibility index (Phi) is 4.25. The average molecular weight is 285 g/mol. The van der Waals surface area contributed by atoms with E-state index in [0.29, 0.717) is 0 Å². The van der Waals surface area contributed by atoms with Crippen LogP contribution in [0.25, 0.3) is 0 Å². The van der Waals surface area contributed by atoms with Crippen LogP contribution in [-0.2, 0) is 25.8 Å². The van der Waals surface area contributed by atoms with E-state index in [1.807, 2.05) is 10.9 Å². The van der Waals surface area contributed by atoms with E-state index in [4.69, 9.17) is 10.5 Å². The van der Waals surface area contributed by atoms with Gasteiger partial charge in [-0.25, -0.2) is 0 Å². The van der Waals surface area contributed by atoms with Crippen LogP contribution in [0.3, 0.4) is 0 Å². The van der Waals surface area contributed by atoms with Crippen molar-refractivity contribution in [1.82, 2.24) is 9.78 Å². The van der Waals surface area contributed by atoms with Crippen molar-refractivity contribution in [3.05, 3.63) is 47.3 Å². The van der Waals surface area contributed by atoms with Crippen molar-refractivity contribution >= 4 is 0 Å². The number of nitrogens with two attached hydrogens (primary N) is 1. The summed E-state index contributed by atoms with van der Waals surface area (Å²) in [5.74, 6) is 1.05. The fourth-order valence-corrected chi connectivity index (χ4v) is 2.72. The Morgan fingerprint density at radius 2 is 2.29 bits per heavy atom. The van der Waals surface area contributed by atoms with E-state index in [2.05, 4.69) is 36.4 Å². The van der Waals surface area contributed by atoms with E-state index >= 15 is 0 Å². The summed E-state index contributed by atoms with van der Waals surface area (Å²) < 4.78 is 7.55. The van der Waals surface area contributed by atoms with Gasteiger partial charge in [-0.15, -0.1) is 0 Å². The molecule has 2 heterocycles. The Balaban J connectivity index is 1.57. The van der Waals surface area contributed by atoms with Crippen LogP contribution in [0.15, 0.2) is 30.6 Å². The van der Waals surface area contributed by atoms with Gasteiger partial charge in [0.05, 0.1) is 12.8 Å². The molecular formula is C17H23N3O. The molecular weight excluding hydrogens is 262 g/mol. The van der Waals surface area contributed by atoms with Gasteiger partial charge in [0.25, 0.3) is 0 Å². The molecule has 1 aromatic carbocycles. The van der Waals surface area contributed by atoms with Crippen molar-refractivity contribution in [2.45, 2.75) is 45.2 Å². The standard InChI is InChI=1S/C17H23N3O/c1-2-16(18)10-14-11-19-20(12-14)7-5-13-3-4-17-15(9-13)6-8-21-17/h3-4,9,11-12,16H,2,5-8,10,18H2,1H3. The van der Waals surface area contributed by atoms with Crippen LogP contribution in [0.1, 0.15) is 30.0 Å². The molecule has 3 rings (SSSR count). The number of rotatable bonds is 6. The normalized spacial score (nSPS) is 14.8. The zero-order valence-corrected chi connectivity index (χ0v) is 12.6. The predicted octanol–water partition coefficient (Wildman–Crippen LogP) is 2.34. The van der Waals surface area contributed by atoms with E-state index in [-0.39, 0.29) is 6.04 Å². The lowest BCUT2D eigenvalue weighted by molar-refractivity contribution is 0.357. The molecule has 21 heavy (non-hydrogen) atoms. The van der Waals surface area contributed by atoms with Crippen molar-refractivity contribution in [3.8, 4) is 5.75 Å². The molecule has 1 unspecified atom stereocenters. The lowest BCUT2D eigenvalue weighted by Gasteiger charge is -2.06. The highest BCUT2D eigenvalue weighted by molar-refractivity contribution is 5.39. The Hall–Kier alpha value is -1.81. The van der Waals surface area contributed by atoms with Gasteiger partial charge in [-0.3, -0.25) is 4.68 Å². The molecule has 2 N–H and O–H groups in total. The lowest BCUT2D eigenvalue weighted by atomic mass is 10.1. The number of ether oxygens (including phenoxy) is 1. The highest BCUT2D eigenvalue weighted by Crippen LogP contribution is 2.26. The highest BCUT2D eigenvalue weighted by Gasteiger charge is 2.12. The molecule has 0 aliphatic carbocycles. The first-order valence-electron chi connectivity index (χ1n) is 7.76. The number of hydrogen-bond donors (Lipinski definition) is 1. The second kappa shape index (κ2) is 6.31. The first-order valence-corrected chi connectivity index (χ1v) is 7.76. The molecule has 2 aromatic rings. The number of nitrogens with zero attached hydrogens (tertiary/aromatic N) is 2. The van der Waals surface area contributed by atoms with Gasteiger partial charge >= 0.3 is 0 Å². The third-order valence-corrected chi connectivity index (χ3v) is 4.09. The number of fused-ring (bicyclic) bond motifs is 1. The van der Waals surface area contributed by atoms with Crippen LogP contribution in [0.4, 0.5) is 0 Å². The Labute approximate surface area is 125 Å². The molecule has 4 heteroatoms. The minimum atomic E-state index is 0.236. The largest absolute Gasteiger partial charge is 0.493 e. The van der Waals surface area contributed by atoms with E-state index in [1.165, 1.54) is 16.7 Å². The van der Waals surface area contributed by atoms with Crippen molar-refractivity contribution in [1.29, 1.82) is 0 Å². The van der Waals surface area contributed by atoms with E-state index in [0.717, 1.165) is 44.6 Å². The summed E-state index contributed by atoms with van der Waals surface area (Å²) in [5, 5.41) is 4.43. The summed E-state index contributed by atoms with van der Waals surface area (Å²) in [6, 6.07) is 6.74. The van der Waals surface area contributed by atoms with Crippen LogP contribution in [-0.4, -0.2) is 22.4 Å². The molecule has 4 nitrogen and oxygen atoms in total. The number of hydrogen-bond acceptors (Lipinski definition) is 3. The van der Waals surface area contributed by atoms with Gasteiger partial charge in [-0.1, -0.05) is 19.1 Å². The smallest absolute Gasteiger partial charge is 0.122 e. The lowest BCUT2D eigenvalue weighted by Crippen LogP contribution is -2.21. The molecule has 0 bridgehead atoms. The third-order valence-electron chi connectivity index (χ3n) is 4.09. The van der Waals surface area contributed by atoms with E-state index in [9.17, 15) is 0 Å². The topological polar surface area (TPSA) is 53.1 Å². The average Bonchev–Trinajstić information content (AvgIpc) is 3.13. The second-order valence-corrected chi connectivity index (χ2v) is 5.77. The molecule has 0 amide bonds. The molecule has 0 saturated carbocycles. The maximum absolute atomic E-state index is 5.98. The minimum absolute atomic E-state index is 0.236. The van der Waals surface area contributed by atoms with E-state index < -0.39 is 0 Å². The van der Waals surface area contributed by atoms with Gasteiger partial charge in [0.1, 0.15) is 5.75 Å². The van der Waals surface area contributed by atoms with Crippen LogP contribution < -0.4 is 10.5 Å². The molecule has 1 aliphatic heterocycles. The summed E-state index contributed by atoms with van der Waals surface area (Å²) in [5.41, 5.74) is 9.90. The van der Waals surface area contributed by atoms with E-state index in [1.54, 1.807) is 0 Å². The molecule has 0 radical (unpaired) electrons. The van der Waals surface area contributed by atoms with Gasteiger partial charge in [-0.05, 0) is 42.0 Å². The van der Waals surface area contributed by atoms with Crippen LogP contribution >= 0.6 is 0 Å². The summed E-state index contributed by atoms with van der Waals surface area (Å²) in [6.07, 6.45) is 7.99. The zero-order chi connectivity index (χ0) is 14.7. The van der Waals surface area contributed by atoms with Gasteiger partial charge < -0.3 is 10.5 Å². The van der Waals surface area contributed by atoms with Crippen molar-refractivity contribution < 1.29 is 4.74 Å². The summed E-state index contributed by atoms with van der Waals surface area (Å²) in [4.78, 5) is 0. The predicted molar refractivity (Wildman–Crippen MR) is 83.5 cm³/mol. The SMILES string of the molecule is CCC(N)Cc1cnn(CCc2ccc3c(c2)CCO3)c1. The molecule has 0 saturated heterocycles. The zero-order valence-electron chi connectivity index (χ0n) is 12.6. The van der Waals surface area contributed by atoms with Gasteiger partial charge in [0.2, 0.25) is 0 Å². The fraction of sp³-hybridized carbons (Fsp3) is 0.471. The van der Waals surface area contributed by atoms with Gasteiger partial charge in [-0.2, -0.15) is 5.10 Å². The maximum atomic E-state index is 5.98. The van der Waals surface area contributed by atoms with Crippen molar-refractivity contribution in [2.75, 3.05) is 6.61 Å².